The number of benzene rings is 2. The highest BCUT2D eigenvalue weighted by Crippen LogP contribution is 2.44. The van der Waals surface area contributed by atoms with Crippen molar-refractivity contribution in [3.63, 3.8) is 0 Å². The minimum atomic E-state index is -0.984. The molecule has 2 N–H and O–H groups in total. The highest BCUT2D eigenvalue weighted by Gasteiger charge is 2.44. The lowest BCUT2D eigenvalue weighted by Gasteiger charge is -2.31. The number of fused-ring (bicyclic) bond motifs is 3. The summed E-state index contributed by atoms with van der Waals surface area (Å²) in [6.07, 6.45) is -0.659. The molecule has 0 spiro atoms. The molecular weight excluding hydrogens is 448 g/mol. The van der Waals surface area contributed by atoms with Gasteiger partial charge in [0.1, 0.15) is 12.5 Å². The van der Waals surface area contributed by atoms with Crippen molar-refractivity contribution in [2.24, 2.45) is 11.3 Å². The minimum Gasteiger partial charge on any atom is -0.481 e. The summed E-state index contributed by atoms with van der Waals surface area (Å²) < 4.78 is 10.9. The molecule has 1 fully saturated rings. The highest BCUT2D eigenvalue weighted by atomic mass is 16.5. The number of likely N-dealkylation sites (tertiary alicyclic amines) is 1. The van der Waals surface area contributed by atoms with Crippen molar-refractivity contribution in [1.29, 1.82) is 0 Å². The van der Waals surface area contributed by atoms with Gasteiger partial charge >= 0.3 is 12.1 Å². The van der Waals surface area contributed by atoms with Gasteiger partial charge in [0, 0.05) is 32.7 Å². The Hall–Kier alpha value is -3.39. The van der Waals surface area contributed by atoms with Crippen LogP contribution in [-0.4, -0.2) is 67.4 Å². The number of carbonyl (C=O) groups excluding carboxylic acids is 2. The number of carboxylic acids is 1. The summed E-state index contributed by atoms with van der Waals surface area (Å²) >= 11 is 0. The van der Waals surface area contributed by atoms with E-state index in [2.05, 4.69) is 29.6 Å². The van der Waals surface area contributed by atoms with Crippen LogP contribution in [0.25, 0.3) is 11.1 Å². The van der Waals surface area contributed by atoms with E-state index in [1.54, 1.807) is 6.92 Å². The second-order valence-corrected chi connectivity index (χ2v) is 9.52. The minimum absolute atomic E-state index is 0.0455. The Kier molecular flexibility index (Phi) is 7.12. The first kappa shape index (κ1) is 24.7. The first-order chi connectivity index (χ1) is 16.8. The monoisotopic (exact) mass is 480 g/mol. The molecule has 3 unspecified atom stereocenters. The van der Waals surface area contributed by atoms with Crippen LogP contribution < -0.4 is 5.32 Å². The molecule has 4 rings (SSSR count). The fourth-order valence-electron chi connectivity index (χ4n) is 5.07. The number of alkyl carbamates (subject to hydrolysis) is 1. The van der Waals surface area contributed by atoms with Gasteiger partial charge in [0.05, 0.1) is 11.5 Å². The van der Waals surface area contributed by atoms with Crippen LogP contribution in [0.4, 0.5) is 4.79 Å². The number of ether oxygens (including phenoxy) is 2. The van der Waals surface area contributed by atoms with Gasteiger partial charge < -0.3 is 24.8 Å². The van der Waals surface area contributed by atoms with Crippen molar-refractivity contribution in [1.82, 2.24) is 10.2 Å². The first-order valence-electron chi connectivity index (χ1n) is 11.9. The summed E-state index contributed by atoms with van der Waals surface area (Å²) in [5, 5.41) is 12.2. The van der Waals surface area contributed by atoms with Crippen LogP contribution in [0, 0.1) is 11.3 Å². The first-order valence-corrected chi connectivity index (χ1v) is 11.9. The molecule has 0 radical (unpaired) electrons. The average Bonchev–Trinajstić information content (AvgIpc) is 3.45. The van der Waals surface area contributed by atoms with E-state index in [1.165, 1.54) is 12.0 Å². The Morgan fingerprint density at radius 2 is 1.66 bits per heavy atom. The van der Waals surface area contributed by atoms with Gasteiger partial charge in [-0.2, -0.15) is 0 Å². The second-order valence-electron chi connectivity index (χ2n) is 9.52. The van der Waals surface area contributed by atoms with E-state index in [9.17, 15) is 19.5 Å². The molecule has 1 aliphatic carbocycles. The summed E-state index contributed by atoms with van der Waals surface area (Å²) in [5.41, 5.74) is 3.67. The molecule has 0 aromatic heterocycles. The summed E-state index contributed by atoms with van der Waals surface area (Å²) in [7, 11) is 1.45. The molecule has 1 aliphatic heterocycles. The standard InChI is InChI=1S/C27H32N2O6/c1-4-27(2,25(32)29-13-21(24(30)31)23(14-29)34-3)16-28-26(33)35-15-22-19-11-7-5-9-17(19)18-10-6-8-12-20(18)22/h5-12,21-23H,4,13-16H2,1-3H3,(H,28,33)(H,30,31). The number of rotatable bonds is 8. The zero-order valence-corrected chi connectivity index (χ0v) is 20.3. The van der Waals surface area contributed by atoms with Crippen LogP contribution in [0.5, 0.6) is 0 Å². The molecule has 2 aromatic rings. The summed E-state index contributed by atoms with van der Waals surface area (Å²) in [4.78, 5) is 38.9. The van der Waals surface area contributed by atoms with Gasteiger partial charge in [0.25, 0.3) is 0 Å². The Labute approximate surface area is 205 Å². The van der Waals surface area contributed by atoms with Crippen molar-refractivity contribution in [3.05, 3.63) is 59.7 Å². The van der Waals surface area contributed by atoms with Crippen LogP contribution in [-0.2, 0) is 19.1 Å². The van der Waals surface area contributed by atoms with Crippen molar-refractivity contribution < 1.29 is 29.0 Å². The SMILES string of the molecule is CCC(C)(CNC(=O)OCC1c2ccccc2-c2ccccc21)C(=O)N1CC(OC)C(C(=O)O)C1. The topological polar surface area (TPSA) is 105 Å². The van der Waals surface area contributed by atoms with E-state index in [4.69, 9.17) is 9.47 Å². The third-order valence-electron chi connectivity index (χ3n) is 7.44. The van der Waals surface area contributed by atoms with Crippen molar-refractivity contribution >= 4 is 18.0 Å². The molecule has 3 atom stereocenters. The summed E-state index contributed by atoms with van der Waals surface area (Å²) in [6, 6.07) is 16.2. The van der Waals surface area contributed by atoms with Crippen LogP contribution in [0.15, 0.2) is 48.5 Å². The number of hydrogen-bond donors (Lipinski definition) is 2. The Morgan fingerprint density at radius 1 is 1.06 bits per heavy atom. The number of carboxylic acid groups (broad SMARTS) is 1. The van der Waals surface area contributed by atoms with Crippen LogP contribution in [0.3, 0.4) is 0 Å². The molecule has 1 saturated heterocycles. The maximum atomic E-state index is 13.3. The zero-order valence-electron chi connectivity index (χ0n) is 20.3. The van der Waals surface area contributed by atoms with E-state index >= 15 is 0 Å². The smallest absolute Gasteiger partial charge is 0.407 e. The Bertz CT molecular complexity index is 1070. The highest BCUT2D eigenvalue weighted by molar-refractivity contribution is 5.85. The molecule has 2 aromatic carbocycles. The Morgan fingerprint density at radius 3 is 2.17 bits per heavy atom. The number of nitrogens with one attached hydrogen (secondary N) is 1. The molecule has 8 heteroatoms. The van der Waals surface area contributed by atoms with Crippen molar-refractivity contribution in [2.75, 3.05) is 33.4 Å². The van der Waals surface area contributed by atoms with E-state index < -0.39 is 29.5 Å². The number of amides is 2. The largest absolute Gasteiger partial charge is 0.481 e. The van der Waals surface area contributed by atoms with Crippen molar-refractivity contribution in [2.45, 2.75) is 32.3 Å². The fraction of sp³-hybridized carbons (Fsp3) is 0.444. The van der Waals surface area contributed by atoms with E-state index in [0.29, 0.717) is 6.42 Å². The summed E-state index contributed by atoms with van der Waals surface area (Å²) in [5.74, 6) is -2.00. The third kappa shape index (κ3) is 4.75. The number of methoxy groups -OCH3 is 1. The van der Waals surface area contributed by atoms with Gasteiger partial charge in [-0.1, -0.05) is 55.5 Å². The predicted molar refractivity (Wildman–Crippen MR) is 130 cm³/mol. The molecule has 0 saturated carbocycles. The maximum absolute atomic E-state index is 13.3. The molecule has 2 aliphatic rings. The maximum Gasteiger partial charge on any atom is 0.407 e. The molecule has 2 amide bonds. The van der Waals surface area contributed by atoms with Gasteiger partial charge in [0.2, 0.25) is 5.91 Å². The van der Waals surface area contributed by atoms with Crippen LogP contribution in [0.1, 0.15) is 37.3 Å². The quantitative estimate of drug-likeness (QED) is 0.599. The lowest BCUT2D eigenvalue weighted by molar-refractivity contribution is -0.144. The zero-order chi connectivity index (χ0) is 25.2. The molecule has 8 nitrogen and oxygen atoms in total. The van der Waals surface area contributed by atoms with Gasteiger partial charge in [-0.3, -0.25) is 9.59 Å². The third-order valence-corrected chi connectivity index (χ3v) is 7.44. The number of nitrogens with zero attached hydrogens (tertiary/aromatic N) is 1. The second kappa shape index (κ2) is 10.1. The van der Waals surface area contributed by atoms with Gasteiger partial charge in [0.15, 0.2) is 0 Å². The van der Waals surface area contributed by atoms with Gasteiger partial charge in [-0.25, -0.2) is 4.79 Å². The number of carbonyl (C=O) groups is 3. The molecule has 1 heterocycles. The average molecular weight is 481 g/mol. The van der Waals surface area contributed by atoms with Crippen LogP contribution >= 0.6 is 0 Å². The lowest BCUT2D eigenvalue weighted by atomic mass is 9.85. The van der Waals surface area contributed by atoms with E-state index in [-0.39, 0.29) is 38.1 Å². The molecule has 35 heavy (non-hydrogen) atoms. The Balaban J connectivity index is 1.36. The predicted octanol–water partition coefficient (Wildman–Crippen LogP) is 3.50. The van der Waals surface area contributed by atoms with E-state index in [1.807, 2.05) is 31.2 Å². The molecular formula is C27H32N2O6. The number of hydrogen-bond acceptors (Lipinski definition) is 5. The lowest BCUT2D eigenvalue weighted by Crippen LogP contribution is -2.48. The normalized spacial score (nSPS) is 20.6. The van der Waals surface area contributed by atoms with Gasteiger partial charge in [-0.05, 0) is 35.6 Å². The molecule has 0 bridgehead atoms. The molecule has 186 valence electrons. The fourth-order valence-corrected chi connectivity index (χ4v) is 5.07. The summed E-state index contributed by atoms with van der Waals surface area (Å²) in [6.45, 7) is 4.23. The van der Waals surface area contributed by atoms with E-state index in [0.717, 1.165) is 22.3 Å². The number of aliphatic carboxylic acids is 1. The van der Waals surface area contributed by atoms with Gasteiger partial charge in [-0.15, -0.1) is 0 Å². The van der Waals surface area contributed by atoms with Crippen LogP contribution in [0.2, 0.25) is 0 Å². The van der Waals surface area contributed by atoms with Crippen molar-refractivity contribution in [3.8, 4) is 11.1 Å².